The van der Waals surface area contributed by atoms with Crippen molar-refractivity contribution in [3.8, 4) is 5.75 Å². The van der Waals surface area contributed by atoms with Crippen LogP contribution >= 0.6 is 0 Å². The van der Waals surface area contributed by atoms with Crippen molar-refractivity contribution in [1.82, 2.24) is 9.88 Å². The molecule has 1 saturated heterocycles. The minimum Gasteiger partial charge on any atom is -0.496 e. The Balaban J connectivity index is 2.09. The highest BCUT2D eigenvalue weighted by molar-refractivity contribution is 5.41. The summed E-state index contributed by atoms with van der Waals surface area (Å²) in [5.41, 5.74) is 3.36. The minimum atomic E-state index is 0.292. The summed E-state index contributed by atoms with van der Waals surface area (Å²) in [6.45, 7) is 6.43. The lowest BCUT2D eigenvalue weighted by molar-refractivity contribution is 0.208. The van der Waals surface area contributed by atoms with Gasteiger partial charge in [-0.1, -0.05) is 0 Å². The van der Waals surface area contributed by atoms with Crippen LogP contribution in [0.15, 0.2) is 6.20 Å². The van der Waals surface area contributed by atoms with E-state index >= 15 is 0 Å². The summed E-state index contributed by atoms with van der Waals surface area (Å²) in [4.78, 5) is 7.09. The van der Waals surface area contributed by atoms with Crippen molar-refractivity contribution >= 4 is 0 Å². The molecule has 4 nitrogen and oxygen atoms in total. The van der Waals surface area contributed by atoms with Crippen LogP contribution in [0.3, 0.4) is 0 Å². The second kappa shape index (κ2) is 7.04. The third kappa shape index (κ3) is 3.30. The van der Waals surface area contributed by atoms with Crippen LogP contribution < -0.4 is 4.74 Å². The first-order chi connectivity index (χ1) is 9.67. The molecule has 2 rings (SSSR count). The summed E-state index contributed by atoms with van der Waals surface area (Å²) in [5, 5.41) is 9.00. The normalized spacial score (nSPS) is 19.5. The Morgan fingerprint density at radius 1 is 1.45 bits per heavy atom. The molecule has 0 spiro atoms. The fourth-order valence-electron chi connectivity index (χ4n) is 3.18. The molecule has 1 fully saturated rings. The van der Waals surface area contributed by atoms with Gasteiger partial charge in [0.15, 0.2) is 0 Å². The van der Waals surface area contributed by atoms with Gasteiger partial charge in [0.25, 0.3) is 0 Å². The van der Waals surface area contributed by atoms with Crippen LogP contribution in [0.25, 0.3) is 0 Å². The second-order valence-electron chi connectivity index (χ2n) is 5.68. The Morgan fingerprint density at radius 3 is 2.95 bits per heavy atom. The number of aliphatic hydroxyl groups is 1. The molecule has 20 heavy (non-hydrogen) atoms. The Morgan fingerprint density at radius 2 is 2.25 bits per heavy atom. The highest BCUT2D eigenvalue weighted by atomic mass is 16.5. The van der Waals surface area contributed by atoms with Gasteiger partial charge in [0.05, 0.1) is 12.8 Å². The Bertz CT molecular complexity index is 448. The molecule has 1 aromatic rings. The molecular formula is C16H26N2O2. The van der Waals surface area contributed by atoms with Crippen LogP contribution in [0.4, 0.5) is 0 Å². The molecule has 0 saturated carbocycles. The van der Waals surface area contributed by atoms with E-state index in [0.29, 0.717) is 12.6 Å². The molecule has 112 valence electrons. The smallest absolute Gasteiger partial charge is 0.128 e. The zero-order valence-corrected chi connectivity index (χ0v) is 12.9. The first-order valence-corrected chi connectivity index (χ1v) is 7.51. The van der Waals surface area contributed by atoms with Crippen LogP contribution in [0, 0.1) is 13.8 Å². The van der Waals surface area contributed by atoms with E-state index in [1.807, 2.05) is 13.1 Å². The summed E-state index contributed by atoms with van der Waals surface area (Å²) in [6, 6.07) is 0.593. The summed E-state index contributed by atoms with van der Waals surface area (Å²) in [6.07, 6.45) is 6.36. The molecule has 1 aliphatic heterocycles. The molecule has 0 radical (unpaired) electrons. The van der Waals surface area contributed by atoms with Gasteiger partial charge in [-0.15, -0.1) is 0 Å². The summed E-state index contributed by atoms with van der Waals surface area (Å²) < 4.78 is 5.48. The van der Waals surface area contributed by atoms with Crippen LogP contribution in [0.1, 0.15) is 42.5 Å². The van der Waals surface area contributed by atoms with E-state index in [1.165, 1.54) is 12.8 Å². The molecule has 2 heterocycles. The van der Waals surface area contributed by atoms with Crippen molar-refractivity contribution in [3.05, 3.63) is 23.0 Å². The van der Waals surface area contributed by atoms with E-state index in [4.69, 9.17) is 9.84 Å². The van der Waals surface area contributed by atoms with Crippen LogP contribution in [-0.4, -0.2) is 41.3 Å². The van der Waals surface area contributed by atoms with Crippen molar-refractivity contribution in [2.75, 3.05) is 20.3 Å². The molecule has 0 aliphatic carbocycles. The minimum absolute atomic E-state index is 0.292. The number of rotatable bonds is 6. The molecule has 1 atom stereocenters. The van der Waals surface area contributed by atoms with Crippen molar-refractivity contribution < 1.29 is 9.84 Å². The predicted molar refractivity (Wildman–Crippen MR) is 80.0 cm³/mol. The van der Waals surface area contributed by atoms with E-state index in [-0.39, 0.29) is 0 Å². The quantitative estimate of drug-likeness (QED) is 0.868. The van der Waals surface area contributed by atoms with Gasteiger partial charge in [0, 0.05) is 36.5 Å². The molecule has 0 amide bonds. The zero-order valence-electron chi connectivity index (χ0n) is 12.9. The number of pyridine rings is 1. The lowest BCUT2D eigenvalue weighted by atomic mass is 10.1. The van der Waals surface area contributed by atoms with Crippen molar-refractivity contribution in [2.45, 2.75) is 52.1 Å². The van der Waals surface area contributed by atoms with E-state index in [2.05, 4.69) is 16.8 Å². The lowest BCUT2D eigenvalue weighted by Crippen LogP contribution is -2.29. The molecule has 0 bridgehead atoms. The number of aryl methyl sites for hydroxylation is 1. The van der Waals surface area contributed by atoms with E-state index in [0.717, 1.165) is 48.5 Å². The van der Waals surface area contributed by atoms with Gasteiger partial charge in [0.2, 0.25) is 0 Å². The Hall–Kier alpha value is -1.13. The number of hydrogen-bond donors (Lipinski definition) is 1. The third-order valence-corrected chi connectivity index (χ3v) is 4.30. The largest absolute Gasteiger partial charge is 0.496 e. The number of ether oxygens (including phenoxy) is 1. The van der Waals surface area contributed by atoms with Crippen LogP contribution in [-0.2, 0) is 6.54 Å². The van der Waals surface area contributed by atoms with Crippen molar-refractivity contribution in [3.63, 3.8) is 0 Å². The maximum Gasteiger partial charge on any atom is 0.128 e. The number of aromatic nitrogens is 1. The van der Waals surface area contributed by atoms with Gasteiger partial charge in [-0.25, -0.2) is 0 Å². The maximum absolute atomic E-state index is 9.00. The molecular weight excluding hydrogens is 252 g/mol. The monoisotopic (exact) mass is 278 g/mol. The van der Waals surface area contributed by atoms with Gasteiger partial charge < -0.3 is 9.84 Å². The molecule has 0 aromatic carbocycles. The van der Waals surface area contributed by atoms with Crippen molar-refractivity contribution in [2.24, 2.45) is 0 Å². The predicted octanol–water partition coefficient (Wildman–Crippen LogP) is 2.44. The number of aliphatic hydroxyl groups excluding tert-OH is 1. The first kappa shape index (κ1) is 15.3. The van der Waals surface area contributed by atoms with Gasteiger partial charge in [-0.2, -0.15) is 0 Å². The average Bonchev–Trinajstić information content (AvgIpc) is 2.87. The SMILES string of the molecule is COc1c(C)cnc(CN2CCCC2CCCO)c1C. The fourth-order valence-corrected chi connectivity index (χ4v) is 3.18. The molecule has 1 aliphatic rings. The van der Waals surface area contributed by atoms with E-state index < -0.39 is 0 Å². The van der Waals surface area contributed by atoms with Crippen molar-refractivity contribution in [1.29, 1.82) is 0 Å². The second-order valence-corrected chi connectivity index (χ2v) is 5.68. The van der Waals surface area contributed by atoms with Gasteiger partial charge in [-0.3, -0.25) is 9.88 Å². The molecule has 4 heteroatoms. The maximum atomic E-state index is 9.00. The highest BCUT2D eigenvalue weighted by Gasteiger charge is 2.25. The van der Waals surface area contributed by atoms with E-state index in [1.54, 1.807) is 7.11 Å². The summed E-state index contributed by atoms with van der Waals surface area (Å²) in [5.74, 6) is 0.959. The molecule has 1 aromatic heterocycles. The first-order valence-electron chi connectivity index (χ1n) is 7.51. The topological polar surface area (TPSA) is 45.6 Å². The van der Waals surface area contributed by atoms with E-state index in [9.17, 15) is 0 Å². The molecule has 1 unspecified atom stereocenters. The highest BCUT2D eigenvalue weighted by Crippen LogP contribution is 2.28. The summed E-state index contributed by atoms with van der Waals surface area (Å²) >= 11 is 0. The van der Waals surface area contributed by atoms with Gasteiger partial charge in [0.1, 0.15) is 5.75 Å². The number of methoxy groups -OCH3 is 1. The number of nitrogens with zero attached hydrogens (tertiary/aromatic N) is 2. The number of likely N-dealkylation sites (tertiary alicyclic amines) is 1. The average molecular weight is 278 g/mol. The summed E-state index contributed by atoms with van der Waals surface area (Å²) in [7, 11) is 1.72. The standard InChI is InChI=1S/C16H26N2O2/c1-12-10-17-15(13(2)16(12)20-3)11-18-8-4-6-14(18)7-5-9-19/h10,14,19H,4-9,11H2,1-3H3. The Labute approximate surface area is 121 Å². The fraction of sp³-hybridized carbons (Fsp3) is 0.688. The third-order valence-electron chi connectivity index (χ3n) is 4.30. The van der Waals surface area contributed by atoms with Crippen LogP contribution in [0.2, 0.25) is 0 Å². The van der Waals surface area contributed by atoms with Gasteiger partial charge in [-0.05, 0) is 46.1 Å². The zero-order chi connectivity index (χ0) is 14.5. The lowest BCUT2D eigenvalue weighted by Gasteiger charge is -2.25. The van der Waals surface area contributed by atoms with Crippen LogP contribution in [0.5, 0.6) is 5.75 Å². The van der Waals surface area contributed by atoms with Gasteiger partial charge >= 0.3 is 0 Å². The molecule has 1 N–H and O–H groups in total. The Kier molecular flexibility index (Phi) is 5.38. The number of hydrogen-bond acceptors (Lipinski definition) is 4.